The highest BCUT2D eigenvalue weighted by atomic mass is 32.1. The second kappa shape index (κ2) is 4.05. The highest BCUT2D eigenvalue weighted by Crippen LogP contribution is 2.11. The van der Waals surface area contributed by atoms with Gasteiger partial charge in [-0.25, -0.2) is 4.98 Å². The zero-order chi connectivity index (χ0) is 10.7. The Kier molecular flexibility index (Phi) is 2.59. The molecule has 2 aromatic heterocycles. The highest BCUT2D eigenvalue weighted by molar-refractivity contribution is 7.11. The Morgan fingerprint density at radius 1 is 1.40 bits per heavy atom. The molecule has 0 saturated heterocycles. The van der Waals surface area contributed by atoms with Crippen LogP contribution in [0.5, 0.6) is 0 Å². The fourth-order valence-corrected chi connectivity index (χ4v) is 1.51. The van der Waals surface area contributed by atoms with Crippen molar-refractivity contribution in [3.05, 3.63) is 34.9 Å². The minimum Gasteiger partial charge on any atom is -0.384 e. The van der Waals surface area contributed by atoms with E-state index in [0.717, 1.165) is 0 Å². The predicted molar refractivity (Wildman–Crippen MR) is 58.7 cm³/mol. The van der Waals surface area contributed by atoms with E-state index in [-0.39, 0.29) is 5.91 Å². The van der Waals surface area contributed by atoms with E-state index in [0.29, 0.717) is 16.4 Å². The van der Waals surface area contributed by atoms with Crippen LogP contribution in [0.2, 0.25) is 0 Å². The summed E-state index contributed by atoms with van der Waals surface area (Å²) in [4.78, 5) is 19.8. The normalized spacial score (nSPS) is 9.87. The summed E-state index contributed by atoms with van der Waals surface area (Å²) >= 11 is 1.29. The molecule has 2 aromatic rings. The summed E-state index contributed by atoms with van der Waals surface area (Å²) in [6.07, 6.45) is 3.03. The molecule has 1 amide bonds. The first-order chi connectivity index (χ1) is 7.25. The van der Waals surface area contributed by atoms with Crippen molar-refractivity contribution in [2.45, 2.75) is 0 Å². The first-order valence-electron chi connectivity index (χ1n) is 4.17. The number of rotatable bonds is 2. The van der Waals surface area contributed by atoms with Crippen molar-refractivity contribution < 1.29 is 4.79 Å². The number of carbonyl (C=O) groups is 1. The molecule has 0 unspecified atom stereocenters. The standard InChI is InChI=1S/C9H8N4OS/c10-8-2-1-6(3-12-8)13-9(14)7-4-11-5-15-7/h1-5H,(H2,10,12)(H,13,14). The van der Waals surface area contributed by atoms with E-state index in [1.54, 1.807) is 17.6 Å². The Hall–Kier alpha value is -1.95. The fraction of sp³-hybridized carbons (Fsp3) is 0. The predicted octanol–water partition coefficient (Wildman–Crippen LogP) is 1.37. The van der Waals surface area contributed by atoms with Crippen LogP contribution < -0.4 is 11.1 Å². The number of nitrogens with one attached hydrogen (secondary N) is 1. The van der Waals surface area contributed by atoms with E-state index >= 15 is 0 Å². The van der Waals surface area contributed by atoms with Crippen molar-refractivity contribution in [3.63, 3.8) is 0 Å². The fourth-order valence-electron chi connectivity index (χ4n) is 1.000. The van der Waals surface area contributed by atoms with Crippen LogP contribution in [0.15, 0.2) is 30.0 Å². The molecule has 0 saturated carbocycles. The third-order valence-corrected chi connectivity index (χ3v) is 2.47. The third-order valence-electron chi connectivity index (χ3n) is 1.70. The van der Waals surface area contributed by atoms with Gasteiger partial charge in [0.2, 0.25) is 0 Å². The number of hydrogen-bond donors (Lipinski definition) is 2. The Balaban J connectivity index is 2.09. The molecule has 2 heterocycles. The summed E-state index contributed by atoms with van der Waals surface area (Å²) in [7, 11) is 0. The molecule has 0 aliphatic heterocycles. The van der Waals surface area contributed by atoms with E-state index in [1.807, 2.05) is 0 Å². The van der Waals surface area contributed by atoms with Gasteiger partial charge in [-0.1, -0.05) is 0 Å². The summed E-state index contributed by atoms with van der Waals surface area (Å²) in [5.41, 5.74) is 7.64. The molecule has 76 valence electrons. The molecule has 2 rings (SSSR count). The molecule has 15 heavy (non-hydrogen) atoms. The topological polar surface area (TPSA) is 80.9 Å². The summed E-state index contributed by atoms with van der Waals surface area (Å²) in [6.45, 7) is 0. The van der Waals surface area contributed by atoms with Crippen molar-refractivity contribution in [1.29, 1.82) is 0 Å². The van der Waals surface area contributed by atoms with Gasteiger partial charge in [0.1, 0.15) is 10.7 Å². The van der Waals surface area contributed by atoms with Crippen molar-refractivity contribution >= 4 is 28.7 Å². The zero-order valence-corrected chi connectivity index (χ0v) is 8.49. The van der Waals surface area contributed by atoms with Crippen LogP contribution in [0.3, 0.4) is 0 Å². The lowest BCUT2D eigenvalue weighted by Gasteiger charge is -2.02. The molecule has 0 bridgehead atoms. The molecule has 0 fully saturated rings. The van der Waals surface area contributed by atoms with Gasteiger partial charge in [0.15, 0.2) is 0 Å². The van der Waals surface area contributed by atoms with Crippen LogP contribution in [0.25, 0.3) is 0 Å². The van der Waals surface area contributed by atoms with Gasteiger partial charge in [0, 0.05) is 0 Å². The van der Waals surface area contributed by atoms with Gasteiger partial charge in [-0.05, 0) is 12.1 Å². The first-order valence-corrected chi connectivity index (χ1v) is 5.05. The molecule has 0 spiro atoms. The van der Waals surface area contributed by atoms with Gasteiger partial charge in [0.25, 0.3) is 5.91 Å². The van der Waals surface area contributed by atoms with E-state index in [1.165, 1.54) is 23.7 Å². The molecule has 0 atom stereocenters. The smallest absolute Gasteiger partial charge is 0.267 e. The number of carbonyl (C=O) groups excluding carboxylic acids is 1. The van der Waals surface area contributed by atoms with Crippen molar-refractivity contribution in [1.82, 2.24) is 9.97 Å². The summed E-state index contributed by atoms with van der Waals surface area (Å²) in [6, 6.07) is 3.32. The number of anilines is 2. The van der Waals surface area contributed by atoms with Crippen molar-refractivity contribution in [3.8, 4) is 0 Å². The molecular formula is C9H8N4OS. The molecule has 0 aliphatic rings. The second-order valence-electron chi connectivity index (χ2n) is 2.79. The minimum absolute atomic E-state index is 0.191. The van der Waals surface area contributed by atoms with Gasteiger partial charge < -0.3 is 11.1 Å². The van der Waals surface area contributed by atoms with Gasteiger partial charge in [-0.2, -0.15) is 0 Å². The Bertz CT molecular complexity index is 451. The molecular weight excluding hydrogens is 212 g/mol. The van der Waals surface area contributed by atoms with Crippen LogP contribution in [-0.2, 0) is 0 Å². The molecule has 0 aromatic carbocycles. The number of nitrogens with zero attached hydrogens (tertiary/aromatic N) is 2. The van der Waals surface area contributed by atoms with Gasteiger partial charge in [0.05, 0.1) is 23.6 Å². The monoisotopic (exact) mass is 220 g/mol. The lowest BCUT2D eigenvalue weighted by atomic mass is 10.4. The zero-order valence-electron chi connectivity index (χ0n) is 7.68. The largest absolute Gasteiger partial charge is 0.384 e. The van der Waals surface area contributed by atoms with Gasteiger partial charge >= 0.3 is 0 Å². The highest BCUT2D eigenvalue weighted by Gasteiger charge is 2.07. The quantitative estimate of drug-likeness (QED) is 0.801. The van der Waals surface area contributed by atoms with E-state index in [9.17, 15) is 4.79 Å². The lowest BCUT2D eigenvalue weighted by molar-refractivity contribution is 0.103. The van der Waals surface area contributed by atoms with Crippen molar-refractivity contribution in [2.24, 2.45) is 0 Å². The average Bonchev–Trinajstić information content (AvgIpc) is 2.74. The van der Waals surface area contributed by atoms with Crippen molar-refractivity contribution in [2.75, 3.05) is 11.1 Å². The summed E-state index contributed by atoms with van der Waals surface area (Å²) in [5, 5.41) is 2.68. The van der Waals surface area contributed by atoms with E-state index in [2.05, 4.69) is 15.3 Å². The molecule has 0 aliphatic carbocycles. The number of nitrogen functional groups attached to an aromatic ring is 1. The van der Waals surface area contributed by atoms with Crippen LogP contribution in [0.4, 0.5) is 11.5 Å². The van der Waals surface area contributed by atoms with Crippen LogP contribution in [-0.4, -0.2) is 15.9 Å². The molecule has 6 heteroatoms. The first kappa shape index (κ1) is 9.60. The van der Waals surface area contributed by atoms with Crippen LogP contribution >= 0.6 is 11.3 Å². The molecule has 5 nitrogen and oxygen atoms in total. The molecule has 0 radical (unpaired) electrons. The number of thiazole rings is 1. The van der Waals surface area contributed by atoms with Crippen LogP contribution in [0, 0.1) is 0 Å². The number of aromatic nitrogens is 2. The summed E-state index contributed by atoms with van der Waals surface area (Å²) in [5.74, 6) is 0.231. The lowest BCUT2D eigenvalue weighted by Crippen LogP contribution is -2.10. The number of pyridine rings is 1. The Morgan fingerprint density at radius 2 is 2.27 bits per heavy atom. The number of nitrogens with two attached hydrogens (primary N) is 1. The number of amides is 1. The van der Waals surface area contributed by atoms with Crippen LogP contribution in [0.1, 0.15) is 9.67 Å². The maximum atomic E-state index is 11.6. The maximum absolute atomic E-state index is 11.6. The maximum Gasteiger partial charge on any atom is 0.267 e. The van der Waals surface area contributed by atoms with E-state index < -0.39 is 0 Å². The minimum atomic E-state index is -0.191. The number of hydrogen-bond acceptors (Lipinski definition) is 5. The molecule has 3 N–H and O–H groups in total. The SMILES string of the molecule is Nc1ccc(NC(=O)c2cncs2)cn1. The third kappa shape index (κ3) is 2.29. The van der Waals surface area contributed by atoms with Gasteiger partial charge in [-0.15, -0.1) is 11.3 Å². The Labute approximate surface area is 90.0 Å². The Morgan fingerprint density at radius 3 is 2.87 bits per heavy atom. The second-order valence-corrected chi connectivity index (χ2v) is 3.68. The van der Waals surface area contributed by atoms with E-state index in [4.69, 9.17) is 5.73 Å². The summed E-state index contributed by atoms with van der Waals surface area (Å²) < 4.78 is 0. The average molecular weight is 220 g/mol. The van der Waals surface area contributed by atoms with Gasteiger partial charge in [-0.3, -0.25) is 9.78 Å².